The number of benzene rings is 2. The number of aromatic nitrogens is 2. The van der Waals surface area contributed by atoms with Gasteiger partial charge in [0.25, 0.3) is 10.0 Å². The number of imidazole rings is 1. The Kier molecular flexibility index (Phi) is 8.65. The normalized spacial score (nSPS) is 11.3. The first-order valence-electron chi connectivity index (χ1n) is 11.3. The lowest BCUT2D eigenvalue weighted by Gasteiger charge is -2.14. The summed E-state index contributed by atoms with van der Waals surface area (Å²) in [5.74, 6) is 0. The molecule has 1 amide bonds. The minimum atomic E-state index is -4.10. The van der Waals surface area contributed by atoms with Gasteiger partial charge in [0, 0.05) is 24.5 Å². The minimum Gasteiger partial charge on any atom is -0.449 e. The van der Waals surface area contributed by atoms with E-state index in [0.717, 1.165) is 42.4 Å². The summed E-state index contributed by atoms with van der Waals surface area (Å²) in [5, 5.41) is 0. The molecule has 0 radical (unpaired) electrons. The molecule has 0 bridgehead atoms. The number of hydrogen-bond acceptors (Lipinski definition) is 5. The number of amides is 1. The van der Waals surface area contributed by atoms with Gasteiger partial charge in [-0.05, 0) is 48.1 Å². The van der Waals surface area contributed by atoms with E-state index in [4.69, 9.17) is 4.74 Å². The third-order valence-corrected chi connectivity index (χ3v) is 6.66. The van der Waals surface area contributed by atoms with E-state index in [0.29, 0.717) is 18.5 Å². The Hall–Kier alpha value is -3.13. The van der Waals surface area contributed by atoms with Crippen molar-refractivity contribution in [1.29, 1.82) is 0 Å². The van der Waals surface area contributed by atoms with Crippen molar-refractivity contribution in [2.75, 3.05) is 6.61 Å². The van der Waals surface area contributed by atoms with Crippen LogP contribution >= 0.6 is 0 Å². The zero-order chi connectivity index (χ0) is 23.7. The van der Waals surface area contributed by atoms with E-state index in [1.165, 1.54) is 0 Å². The second kappa shape index (κ2) is 11.7. The average Bonchev–Trinajstić information content (AvgIpc) is 3.31. The van der Waals surface area contributed by atoms with Gasteiger partial charge in [0.2, 0.25) is 0 Å². The summed E-state index contributed by atoms with van der Waals surface area (Å²) >= 11 is 0. The van der Waals surface area contributed by atoms with E-state index >= 15 is 0 Å². The predicted molar refractivity (Wildman–Crippen MR) is 128 cm³/mol. The van der Waals surface area contributed by atoms with Gasteiger partial charge in [0.15, 0.2) is 0 Å². The van der Waals surface area contributed by atoms with Gasteiger partial charge < -0.3 is 9.30 Å². The smallest absolute Gasteiger partial charge is 0.421 e. The lowest BCUT2D eigenvalue weighted by molar-refractivity contribution is 0.151. The Morgan fingerprint density at radius 3 is 2.42 bits per heavy atom. The molecule has 0 saturated heterocycles. The van der Waals surface area contributed by atoms with Crippen molar-refractivity contribution in [3.8, 4) is 11.1 Å². The molecule has 0 aliphatic rings. The van der Waals surface area contributed by atoms with Crippen LogP contribution in [0.5, 0.6) is 0 Å². The molecule has 0 atom stereocenters. The maximum Gasteiger partial charge on any atom is 0.421 e. The summed E-state index contributed by atoms with van der Waals surface area (Å²) in [6.45, 7) is 4.93. The molecule has 3 aromatic rings. The second-order valence-electron chi connectivity index (χ2n) is 7.96. The van der Waals surface area contributed by atoms with Crippen LogP contribution in [0.3, 0.4) is 0 Å². The molecule has 7 nitrogen and oxygen atoms in total. The summed E-state index contributed by atoms with van der Waals surface area (Å²) < 4.78 is 35.1. The van der Waals surface area contributed by atoms with Crippen LogP contribution in [0, 0.1) is 0 Å². The number of unbranched alkanes of at least 4 members (excludes halogenated alkanes) is 2. The molecular formula is C25H31N3O4S. The highest BCUT2D eigenvalue weighted by Gasteiger charge is 2.23. The number of rotatable bonds is 11. The Balaban J connectivity index is 1.90. The standard InChI is InChI=1S/C25H31N3O4S/c1-3-5-7-20-10-13-24(33(30,31)27-25(29)32-16-6-4-2)23(17-20)22-11-8-21(9-12-22)18-28-15-14-26-19-28/h8-15,17,19H,3-7,16,18H2,1-2H3,(H,27,29). The van der Waals surface area contributed by atoms with Crippen molar-refractivity contribution >= 4 is 16.1 Å². The second-order valence-corrected chi connectivity index (χ2v) is 9.61. The van der Waals surface area contributed by atoms with Gasteiger partial charge in [0.05, 0.1) is 17.8 Å². The zero-order valence-corrected chi connectivity index (χ0v) is 20.0. The first-order chi connectivity index (χ1) is 15.9. The predicted octanol–water partition coefficient (Wildman–Crippen LogP) is 5.16. The van der Waals surface area contributed by atoms with Crippen molar-refractivity contribution in [3.05, 3.63) is 72.3 Å². The molecule has 0 fully saturated rings. The first kappa shape index (κ1) is 24.5. The lowest BCUT2D eigenvalue weighted by atomic mass is 9.99. The number of aryl methyl sites for hydroxylation is 1. The number of hydrogen-bond donors (Lipinski definition) is 1. The van der Waals surface area contributed by atoms with Gasteiger partial charge in [-0.1, -0.05) is 57.0 Å². The Morgan fingerprint density at radius 1 is 1.03 bits per heavy atom. The van der Waals surface area contributed by atoms with Gasteiger partial charge in [-0.2, -0.15) is 0 Å². The van der Waals surface area contributed by atoms with Crippen molar-refractivity contribution < 1.29 is 17.9 Å². The fourth-order valence-corrected chi connectivity index (χ4v) is 4.56. The fourth-order valence-electron chi connectivity index (χ4n) is 3.46. The highest BCUT2D eigenvalue weighted by Crippen LogP contribution is 2.30. The molecule has 1 N–H and O–H groups in total. The van der Waals surface area contributed by atoms with Gasteiger partial charge in [-0.3, -0.25) is 0 Å². The summed E-state index contributed by atoms with van der Waals surface area (Å²) in [5.41, 5.74) is 3.45. The number of nitrogens with zero attached hydrogens (tertiary/aromatic N) is 2. The summed E-state index contributed by atoms with van der Waals surface area (Å²) in [4.78, 5) is 16.1. The number of carbonyl (C=O) groups excluding carboxylic acids is 1. The molecule has 1 heterocycles. The molecule has 1 aromatic heterocycles. The van der Waals surface area contributed by atoms with Crippen LogP contribution in [0.2, 0.25) is 0 Å². The maximum absolute atomic E-state index is 13.1. The van der Waals surface area contributed by atoms with Crippen LogP contribution in [0.4, 0.5) is 4.79 Å². The summed E-state index contributed by atoms with van der Waals surface area (Å²) in [7, 11) is -4.10. The molecular weight excluding hydrogens is 438 g/mol. The monoisotopic (exact) mass is 469 g/mol. The lowest BCUT2D eigenvalue weighted by Crippen LogP contribution is -2.31. The molecule has 0 unspecified atom stereocenters. The molecule has 0 aliphatic heterocycles. The van der Waals surface area contributed by atoms with Crippen LogP contribution in [0.25, 0.3) is 11.1 Å². The fraction of sp³-hybridized carbons (Fsp3) is 0.360. The maximum atomic E-state index is 13.1. The highest BCUT2D eigenvalue weighted by atomic mass is 32.2. The molecule has 2 aromatic carbocycles. The number of sulfonamides is 1. The largest absolute Gasteiger partial charge is 0.449 e. The summed E-state index contributed by atoms with van der Waals surface area (Å²) in [6.07, 6.45) is 8.85. The average molecular weight is 470 g/mol. The Bertz CT molecular complexity index is 1140. The number of nitrogens with one attached hydrogen (secondary N) is 1. The molecule has 33 heavy (non-hydrogen) atoms. The van der Waals surface area contributed by atoms with E-state index in [9.17, 15) is 13.2 Å². The van der Waals surface area contributed by atoms with Crippen molar-refractivity contribution in [3.63, 3.8) is 0 Å². The van der Waals surface area contributed by atoms with E-state index in [2.05, 4.69) is 11.9 Å². The molecule has 0 saturated carbocycles. The quantitative estimate of drug-likeness (QED) is 0.392. The number of ether oxygens (including phenoxy) is 1. The van der Waals surface area contributed by atoms with Crippen molar-refractivity contribution in [2.45, 2.75) is 57.4 Å². The van der Waals surface area contributed by atoms with Gasteiger partial charge in [-0.25, -0.2) is 22.9 Å². The van der Waals surface area contributed by atoms with Crippen LogP contribution in [-0.2, 0) is 27.7 Å². The zero-order valence-electron chi connectivity index (χ0n) is 19.2. The third kappa shape index (κ3) is 6.92. The Labute approximate surface area is 195 Å². The first-order valence-corrected chi connectivity index (χ1v) is 12.8. The van der Waals surface area contributed by atoms with E-state index < -0.39 is 16.1 Å². The molecule has 0 aliphatic carbocycles. The molecule has 0 spiro atoms. The van der Waals surface area contributed by atoms with E-state index in [1.54, 1.807) is 18.6 Å². The SMILES string of the molecule is CCCCOC(=O)NS(=O)(=O)c1ccc(CCCC)cc1-c1ccc(Cn2ccnc2)cc1. The Morgan fingerprint density at radius 2 is 1.76 bits per heavy atom. The minimum absolute atomic E-state index is 0.0533. The summed E-state index contributed by atoms with van der Waals surface area (Å²) in [6, 6.07) is 13.0. The topological polar surface area (TPSA) is 90.3 Å². The molecule has 176 valence electrons. The van der Waals surface area contributed by atoms with Gasteiger partial charge in [0.1, 0.15) is 0 Å². The van der Waals surface area contributed by atoms with E-state index in [-0.39, 0.29) is 11.5 Å². The van der Waals surface area contributed by atoms with E-state index in [1.807, 2.05) is 58.8 Å². The number of carbonyl (C=O) groups is 1. The van der Waals surface area contributed by atoms with Crippen LogP contribution < -0.4 is 4.72 Å². The highest BCUT2D eigenvalue weighted by molar-refractivity contribution is 7.90. The van der Waals surface area contributed by atoms with Crippen LogP contribution in [0.15, 0.2) is 66.1 Å². The van der Waals surface area contributed by atoms with Crippen LogP contribution in [-0.4, -0.2) is 30.7 Å². The van der Waals surface area contributed by atoms with Crippen molar-refractivity contribution in [2.24, 2.45) is 0 Å². The third-order valence-electron chi connectivity index (χ3n) is 5.29. The molecule has 8 heteroatoms. The van der Waals surface area contributed by atoms with Gasteiger partial charge in [-0.15, -0.1) is 0 Å². The van der Waals surface area contributed by atoms with Crippen LogP contribution in [0.1, 0.15) is 50.7 Å². The molecule has 3 rings (SSSR count). The van der Waals surface area contributed by atoms with Gasteiger partial charge >= 0.3 is 6.09 Å². The van der Waals surface area contributed by atoms with Crippen molar-refractivity contribution in [1.82, 2.24) is 14.3 Å².